The number of hydrogen-bond acceptors (Lipinski definition) is 1. The van der Waals surface area contributed by atoms with Crippen LogP contribution in [0.25, 0.3) is 0 Å². The molecule has 1 aromatic rings. The van der Waals surface area contributed by atoms with Crippen molar-refractivity contribution in [3.63, 3.8) is 0 Å². The summed E-state index contributed by atoms with van der Waals surface area (Å²) >= 11 is 0. The first kappa shape index (κ1) is 11.6. The van der Waals surface area contributed by atoms with Gasteiger partial charge in [0, 0.05) is 26.3 Å². The molecule has 2 amide bonds. The van der Waals surface area contributed by atoms with E-state index in [4.69, 9.17) is 0 Å². The third-order valence-corrected chi connectivity index (χ3v) is 2.48. The summed E-state index contributed by atoms with van der Waals surface area (Å²) in [7, 11) is 3.60. The van der Waals surface area contributed by atoms with Gasteiger partial charge in [-0.15, -0.1) is 0 Å². The molecule has 1 aromatic carbocycles. The van der Waals surface area contributed by atoms with Crippen LogP contribution in [0.15, 0.2) is 24.3 Å². The molecule has 82 valence electrons. The second kappa shape index (κ2) is 4.82. The Hall–Kier alpha value is -1.51. The van der Waals surface area contributed by atoms with E-state index >= 15 is 0 Å². The third-order valence-electron chi connectivity index (χ3n) is 2.48. The summed E-state index contributed by atoms with van der Waals surface area (Å²) < 4.78 is 0. The molecule has 0 fully saturated rings. The zero-order valence-corrected chi connectivity index (χ0v) is 9.82. The predicted octanol–water partition coefficient (Wildman–Crippen LogP) is 2.50. The van der Waals surface area contributed by atoms with Crippen LogP contribution in [0, 0.1) is 6.92 Å². The van der Waals surface area contributed by atoms with Gasteiger partial charge in [-0.3, -0.25) is 4.90 Å². The highest BCUT2D eigenvalue weighted by molar-refractivity contribution is 5.91. The summed E-state index contributed by atoms with van der Waals surface area (Å²) in [6, 6.07) is 7.93. The molecular formula is C12H18N2O. The van der Waals surface area contributed by atoms with Gasteiger partial charge < -0.3 is 4.90 Å². The van der Waals surface area contributed by atoms with Gasteiger partial charge in [-0.1, -0.05) is 12.1 Å². The lowest BCUT2D eigenvalue weighted by Gasteiger charge is -2.24. The molecule has 15 heavy (non-hydrogen) atoms. The molecule has 0 bridgehead atoms. The predicted molar refractivity (Wildman–Crippen MR) is 63.3 cm³/mol. The van der Waals surface area contributed by atoms with E-state index in [1.54, 1.807) is 23.9 Å². The van der Waals surface area contributed by atoms with Crippen LogP contribution in [0.5, 0.6) is 0 Å². The van der Waals surface area contributed by atoms with Crippen LogP contribution >= 0.6 is 0 Å². The highest BCUT2D eigenvalue weighted by atomic mass is 16.2. The maximum atomic E-state index is 11.8. The number of carbonyl (C=O) groups excluding carboxylic acids is 1. The van der Waals surface area contributed by atoms with Gasteiger partial charge in [0.2, 0.25) is 0 Å². The summed E-state index contributed by atoms with van der Waals surface area (Å²) in [5, 5.41) is 0. The van der Waals surface area contributed by atoms with E-state index in [-0.39, 0.29) is 6.03 Å². The molecule has 0 heterocycles. The topological polar surface area (TPSA) is 23.6 Å². The Morgan fingerprint density at radius 3 is 2.53 bits per heavy atom. The third kappa shape index (κ3) is 2.72. The molecule has 0 aliphatic rings. The van der Waals surface area contributed by atoms with Crippen LogP contribution in [0.4, 0.5) is 10.5 Å². The molecule has 0 aliphatic carbocycles. The standard InChI is InChI=1S/C12H18N2O/c1-5-13(3)12(15)14(4)11-8-6-7-10(2)9-11/h6-9H,5H2,1-4H3. The van der Waals surface area contributed by atoms with Crippen LogP contribution in [-0.4, -0.2) is 31.6 Å². The Kier molecular flexibility index (Phi) is 3.72. The number of anilines is 1. The fourth-order valence-electron chi connectivity index (χ4n) is 1.34. The molecule has 0 aromatic heterocycles. The Balaban J connectivity index is 2.85. The minimum Gasteiger partial charge on any atom is -0.328 e. The van der Waals surface area contributed by atoms with Crippen molar-refractivity contribution >= 4 is 11.7 Å². The summed E-state index contributed by atoms with van der Waals surface area (Å²) in [6.45, 7) is 4.70. The van der Waals surface area contributed by atoms with E-state index < -0.39 is 0 Å². The van der Waals surface area contributed by atoms with Crippen molar-refractivity contribution in [1.29, 1.82) is 0 Å². The van der Waals surface area contributed by atoms with Gasteiger partial charge in [0.25, 0.3) is 0 Å². The van der Waals surface area contributed by atoms with E-state index in [1.165, 1.54) is 0 Å². The largest absolute Gasteiger partial charge is 0.328 e. The number of urea groups is 1. The molecule has 0 saturated heterocycles. The van der Waals surface area contributed by atoms with Crippen molar-refractivity contribution in [1.82, 2.24) is 4.90 Å². The maximum Gasteiger partial charge on any atom is 0.323 e. The van der Waals surface area contributed by atoms with E-state index in [0.717, 1.165) is 17.8 Å². The molecular weight excluding hydrogens is 188 g/mol. The average molecular weight is 206 g/mol. The molecule has 0 atom stereocenters. The second-order valence-electron chi connectivity index (χ2n) is 3.69. The molecule has 0 radical (unpaired) electrons. The molecule has 1 rings (SSSR count). The Labute approximate surface area is 91.3 Å². The fraction of sp³-hybridized carbons (Fsp3) is 0.417. The zero-order valence-electron chi connectivity index (χ0n) is 9.82. The number of hydrogen-bond donors (Lipinski definition) is 0. The van der Waals surface area contributed by atoms with Gasteiger partial charge in [0.15, 0.2) is 0 Å². The summed E-state index contributed by atoms with van der Waals surface area (Å²) in [4.78, 5) is 15.2. The number of carbonyl (C=O) groups is 1. The SMILES string of the molecule is CCN(C)C(=O)N(C)c1cccc(C)c1. The van der Waals surface area contributed by atoms with Crippen molar-refractivity contribution in [2.24, 2.45) is 0 Å². The molecule has 0 spiro atoms. The number of amides is 2. The average Bonchev–Trinajstić information content (AvgIpc) is 2.26. The molecule has 0 unspecified atom stereocenters. The monoisotopic (exact) mass is 206 g/mol. The van der Waals surface area contributed by atoms with Crippen LogP contribution in [0.3, 0.4) is 0 Å². The molecule has 0 saturated carbocycles. The quantitative estimate of drug-likeness (QED) is 0.729. The Morgan fingerprint density at radius 2 is 2.00 bits per heavy atom. The first-order valence-electron chi connectivity index (χ1n) is 5.11. The first-order chi connectivity index (χ1) is 7.06. The normalized spacial score (nSPS) is 9.87. The first-order valence-corrected chi connectivity index (χ1v) is 5.11. The van der Waals surface area contributed by atoms with Gasteiger partial charge in [-0.25, -0.2) is 4.79 Å². The lowest BCUT2D eigenvalue weighted by molar-refractivity contribution is 0.219. The highest BCUT2D eigenvalue weighted by Gasteiger charge is 2.13. The van der Waals surface area contributed by atoms with Gasteiger partial charge >= 0.3 is 6.03 Å². The van der Waals surface area contributed by atoms with Crippen LogP contribution in [-0.2, 0) is 0 Å². The lowest BCUT2D eigenvalue weighted by Crippen LogP contribution is -2.38. The van der Waals surface area contributed by atoms with Crippen LogP contribution in [0.1, 0.15) is 12.5 Å². The number of nitrogens with zero attached hydrogens (tertiary/aromatic N) is 2. The lowest BCUT2D eigenvalue weighted by atomic mass is 10.2. The van der Waals surface area contributed by atoms with E-state index in [9.17, 15) is 4.79 Å². The smallest absolute Gasteiger partial charge is 0.323 e. The van der Waals surface area contributed by atoms with E-state index in [0.29, 0.717) is 0 Å². The molecule has 0 N–H and O–H groups in total. The van der Waals surface area contributed by atoms with Gasteiger partial charge in [-0.05, 0) is 31.5 Å². The number of rotatable bonds is 2. The van der Waals surface area contributed by atoms with E-state index in [2.05, 4.69) is 0 Å². The zero-order chi connectivity index (χ0) is 11.4. The highest BCUT2D eigenvalue weighted by Crippen LogP contribution is 2.15. The molecule has 0 aliphatic heterocycles. The number of benzene rings is 1. The summed E-state index contributed by atoms with van der Waals surface area (Å²) in [5.74, 6) is 0. The van der Waals surface area contributed by atoms with Crippen molar-refractivity contribution in [2.75, 3.05) is 25.5 Å². The van der Waals surface area contributed by atoms with Gasteiger partial charge in [0.1, 0.15) is 0 Å². The summed E-state index contributed by atoms with van der Waals surface area (Å²) in [5.41, 5.74) is 2.09. The van der Waals surface area contributed by atoms with Crippen LogP contribution < -0.4 is 4.90 Å². The van der Waals surface area contributed by atoms with Crippen molar-refractivity contribution < 1.29 is 4.79 Å². The van der Waals surface area contributed by atoms with Gasteiger partial charge in [-0.2, -0.15) is 0 Å². The number of aryl methyl sites for hydroxylation is 1. The van der Waals surface area contributed by atoms with Gasteiger partial charge in [0.05, 0.1) is 0 Å². The Morgan fingerprint density at radius 1 is 1.33 bits per heavy atom. The maximum absolute atomic E-state index is 11.8. The fourth-order valence-corrected chi connectivity index (χ4v) is 1.34. The molecule has 3 heteroatoms. The van der Waals surface area contributed by atoms with Crippen molar-refractivity contribution in [2.45, 2.75) is 13.8 Å². The molecule has 3 nitrogen and oxygen atoms in total. The van der Waals surface area contributed by atoms with Crippen LogP contribution in [0.2, 0.25) is 0 Å². The summed E-state index contributed by atoms with van der Waals surface area (Å²) in [6.07, 6.45) is 0. The van der Waals surface area contributed by atoms with Crippen molar-refractivity contribution in [3.8, 4) is 0 Å². The van der Waals surface area contributed by atoms with E-state index in [1.807, 2.05) is 38.1 Å². The van der Waals surface area contributed by atoms with Crippen molar-refractivity contribution in [3.05, 3.63) is 29.8 Å². The second-order valence-corrected chi connectivity index (χ2v) is 3.69. The minimum absolute atomic E-state index is 0.0168. The Bertz CT molecular complexity index is 349. The minimum atomic E-state index is 0.0168.